The molecule has 0 aliphatic carbocycles. The Morgan fingerprint density at radius 1 is 1.29 bits per heavy atom. The zero-order valence-corrected chi connectivity index (χ0v) is 9.92. The van der Waals surface area contributed by atoms with E-state index in [2.05, 4.69) is 25.8 Å². The quantitative estimate of drug-likeness (QED) is 0.753. The van der Waals surface area contributed by atoms with Crippen LogP contribution in [0.15, 0.2) is 0 Å². The van der Waals surface area contributed by atoms with Gasteiger partial charge in [0.2, 0.25) is 0 Å². The number of aliphatic hydroxyl groups is 1. The van der Waals surface area contributed by atoms with E-state index in [0.29, 0.717) is 5.92 Å². The van der Waals surface area contributed by atoms with Gasteiger partial charge in [-0.05, 0) is 51.6 Å². The lowest BCUT2D eigenvalue weighted by atomic mass is 9.87. The topological polar surface area (TPSA) is 23.5 Å². The molecule has 0 aromatic rings. The van der Waals surface area contributed by atoms with E-state index in [4.69, 9.17) is 0 Å². The van der Waals surface area contributed by atoms with Crippen LogP contribution in [0, 0.1) is 5.92 Å². The summed E-state index contributed by atoms with van der Waals surface area (Å²) in [6.45, 7) is 6.65. The highest BCUT2D eigenvalue weighted by atomic mass is 16.3. The second kappa shape index (κ2) is 5.13. The molecular weight excluding hydrogens is 174 g/mol. The Kier molecular flexibility index (Phi) is 4.39. The van der Waals surface area contributed by atoms with E-state index < -0.39 is 0 Å². The van der Waals surface area contributed by atoms with Gasteiger partial charge in [0.25, 0.3) is 0 Å². The summed E-state index contributed by atoms with van der Waals surface area (Å²) in [5, 5.41) is 10.4. The molecule has 0 bridgehead atoms. The first-order valence-electron chi connectivity index (χ1n) is 5.93. The maximum Gasteiger partial charge on any atom is 0.0660 e. The van der Waals surface area contributed by atoms with Crippen molar-refractivity contribution in [2.45, 2.75) is 51.6 Å². The minimum absolute atomic E-state index is 0.366. The van der Waals surface area contributed by atoms with Gasteiger partial charge in [-0.25, -0.2) is 0 Å². The van der Waals surface area contributed by atoms with Gasteiger partial charge in [-0.15, -0.1) is 0 Å². The largest absolute Gasteiger partial charge is 0.390 e. The fourth-order valence-electron chi connectivity index (χ4n) is 2.12. The molecule has 0 amide bonds. The summed E-state index contributed by atoms with van der Waals surface area (Å²) in [7, 11) is 2.15. The summed E-state index contributed by atoms with van der Waals surface area (Å²) in [5.74, 6) is 0.708. The average molecular weight is 199 g/mol. The molecule has 2 heteroatoms. The molecular formula is C12H25NO. The second-order valence-electron chi connectivity index (χ2n) is 5.31. The summed E-state index contributed by atoms with van der Waals surface area (Å²) < 4.78 is 0. The van der Waals surface area contributed by atoms with Crippen molar-refractivity contribution in [2.75, 3.05) is 20.1 Å². The molecule has 1 atom stereocenters. The maximum atomic E-state index is 10.4. The van der Waals surface area contributed by atoms with Crippen LogP contribution in [-0.4, -0.2) is 35.7 Å². The number of rotatable bonds is 3. The van der Waals surface area contributed by atoms with Gasteiger partial charge < -0.3 is 10.0 Å². The molecule has 0 aromatic carbocycles. The van der Waals surface area contributed by atoms with Crippen molar-refractivity contribution in [3.05, 3.63) is 0 Å². The molecule has 0 radical (unpaired) electrons. The maximum absolute atomic E-state index is 10.4. The van der Waals surface area contributed by atoms with Crippen LogP contribution >= 0.6 is 0 Å². The number of nitrogens with zero attached hydrogens (tertiary/aromatic N) is 1. The van der Waals surface area contributed by atoms with Crippen molar-refractivity contribution in [1.29, 1.82) is 0 Å². The van der Waals surface area contributed by atoms with Gasteiger partial charge in [0.1, 0.15) is 0 Å². The molecule has 0 spiro atoms. The van der Waals surface area contributed by atoms with Gasteiger partial charge in [-0.3, -0.25) is 0 Å². The van der Waals surface area contributed by atoms with E-state index in [1.807, 2.05) is 0 Å². The molecule has 1 aliphatic rings. The Labute approximate surface area is 88.3 Å². The third-order valence-electron chi connectivity index (χ3n) is 3.33. The lowest BCUT2D eigenvalue weighted by Gasteiger charge is -2.27. The normalized spacial score (nSPS) is 30.6. The molecule has 1 aliphatic heterocycles. The van der Waals surface area contributed by atoms with E-state index in [0.717, 1.165) is 45.2 Å². The van der Waals surface area contributed by atoms with E-state index in [1.165, 1.54) is 0 Å². The van der Waals surface area contributed by atoms with Crippen molar-refractivity contribution >= 4 is 0 Å². The molecule has 14 heavy (non-hydrogen) atoms. The molecule has 1 saturated heterocycles. The lowest BCUT2D eigenvalue weighted by molar-refractivity contribution is 0.0127. The summed E-state index contributed by atoms with van der Waals surface area (Å²) in [6, 6.07) is 0. The fourth-order valence-corrected chi connectivity index (χ4v) is 2.12. The van der Waals surface area contributed by atoms with Crippen LogP contribution in [0.3, 0.4) is 0 Å². The van der Waals surface area contributed by atoms with Crippen molar-refractivity contribution in [2.24, 2.45) is 5.92 Å². The number of likely N-dealkylation sites (tertiary alicyclic amines) is 1. The van der Waals surface area contributed by atoms with Gasteiger partial charge in [0.05, 0.1) is 5.60 Å². The van der Waals surface area contributed by atoms with Gasteiger partial charge in [-0.2, -0.15) is 0 Å². The first kappa shape index (κ1) is 12.0. The number of hydrogen-bond acceptors (Lipinski definition) is 2. The van der Waals surface area contributed by atoms with Crippen molar-refractivity contribution in [3.63, 3.8) is 0 Å². The average Bonchev–Trinajstić information content (AvgIpc) is 2.27. The monoisotopic (exact) mass is 199 g/mol. The van der Waals surface area contributed by atoms with Crippen molar-refractivity contribution in [1.82, 2.24) is 4.90 Å². The fraction of sp³-hybridized carbons (Fsp3) is 1.00. The van der Waals surface area contributed by atoms with E-state index in [-0.39, 0.29) is 5.60 Å². The van der Waals surface area contributed by atoms with Crippen LogP contribution in [0.25, 0.3) is 0 Å². The highest BCUT2D eigenvalue weighted by molar-refractivity contribution is 4.82. The highest BCUT2D eigenvalue weighted by Gasteiger charge is 2.28. The molecule has 0 aromatic heterocycles. The van der Waals surface area contributed by atoms with Crippen molar-refractivity contribution < 1.29 is 5.11 Å². The molecule has 1 unspecified atom stereocenters. The molecule has 1 rings (SSSR count). The standard InChI is InChI=1S/C12H25NO/c1-11(2)5-7-12(14)6-4-9-13(3)10-8-12/h11,14H,4-10H2,1-3H3. The first-order chi connectivity index (χ1) is 6.52. The zero-order valence-electron chi connectivity index (χ0n) is 9.92. The Bertz CT molecular complexity index is 170. The molecule has 1 heterocycles. The van der Waals surface area contributed by atoms with Crippen LogP contribution in [0.2, 0.25) is 0 Å². The van der Waals surface area contributed by atoms with E-state index in [9.17, 15) is 5.11 Å². The van der Waals surface area contributed by atoms with Gasteiger partial charge in [0.15, 0.2) is 0 Å². The summed E-state index contributed by atoms with van der Waals surface area (Å²) in [4.78, 5) is 2.33. The Morgan fingerprint density at radius 2 is 2.00 bits per heavy atom. The lowest BCUT2D eigenvalue weighted by Crippen LogP contribution is -2.30. The minimum Gasteiger partial charge on any atom is -0.390 e. The highest BCUT2D eigenvalue weighted by Crippen LogP contribution is 2.28. The molecule has 2 nitrogen and oxygen atoms in total. The SMILES string of the molecule is CC(C)CCC1(O)CCCN(C)CC1. The Hall–Kier alpha value is -0.0800. The Balaban J connectivity index is 2.38. The zero-order chi connectivity index (χ0) is 10.6. The summed E-state index contributed by atoms with van der Waals surface area (Å²) >= 11 is 0. The van der Waals surface area contributed by atoms with Crippen LogP contribution in [0.1, 0.15) is 46.0 Å². The van der Waals surface area contributed by atoms with E-state index in [1.54, 1.807) is 0 Å². The Morgan fingerprint density at radius 3 is 2.64 bits per heavy atom. The van der Waals surface area contributed by atoms with Gasteiger partial charge in [0, 0.05) is 6.54 Å². The smallest absolute Gasteiger partial charge is 0.0660 e. The van der Waals surface area contributed by atoms with Crippen LogP contribution in [0.5, 0.6) is 0 Å². The summed E-state index contributed by atoms with van der Waals surface area (Å²) in [6.07, 6.45) is 5.23. The molecule has 84 valence electrons. The van der Waals surface area contributed by atoms with Crippen molar-refractivity contribution in [3.8, 4) is 0 Å². The molecule has 0 saturated carbocycles. The second-order valence-corrected chi connectivity index (χ2v) is 5.31. The third kappa shape index (κ3) is 3.97. The van der Waals surface area contributed by atoms with Crippen LogP contribution < -0.4 is 0 Å². The van der Waals surface area contributed by atoms with E-state index >= 15 is 0 Å². The third-order valence-corrected chi connectivity index (χ3v) is 3.33. The predicted molar refractivity (Wildman–Crippen MR) is 60.4 cm³/mol. The van der Waals surface area contributed by atoms with Crippen LogP contribution in [0.4, 0.5) is 0 Å². The predicted octanol–water partition coefficient (Wildman–Crippen LogP) is 2.27. The first-order valence-corrected chi connectivity index (χ1v) is 5.93. The summed E-state index contributed by atoms with van der Waals surface area (Å²) in [5.41, 5.74) is -0.366. The molecule has 1 N–H and O–H groups in total. The molecule has 1 fully saturated rings. The van der Waals surface area contributed by atoms with Gasteiger partial charge >= 0.3 is 0 Å². The number of hydrogen-bond donors (Lipinski definition) is 1. The van der Waals surface area contributed by atoms with Gasteiger partial charge in [-0.1, -0.05) is 13.8 Å². The minimum atomic E-state index is -0.366. The van der Waals surface area contributed by atoms with Crippen LogP contribution in [-0.2, 0) is 0 Å².